The third kappa shape index (κ3) is 6.40. The zero-order valence-electron chi connectivity index (χ0n) is 28.6. The van der Waals surface area contributed by atoms with E-state index >= 15 is 0 Å². The second-order valence-electron chi connectivity index (χ2n) is 14.1. The molecular formula is C37H44ClN7O5. The average Bonchev–Trinajstić information content (AvgIpc) is 3.70. The molecule has 7 rings (SSSR count). The molecule has 264 valence electrons. The number of nitrogens with zero attached hydrogens (tertiary/aromatic N) is 3. The predicted molar refractivity (Wildman–Crippen MR) is 188 cm³/mol. The molecule has 0 spiro atoms. The highest BCUT2D eigenvalue weighted by molar-refractivity contribution is 6.31. The second-order valence-corrected chi connectivity index (χ2v) is 14.5. The quantitative estimate of drug-likeness (QED) is 0.170. The Bertz CT molecular complexity index is 1890. The standard InChI is InChI=1S/C37H44ClN7O5/c1-4-39-34(47)30(28-10-7-18-50-28)44-35(48)37(16-19-49-21-37)22-11-12-25-26(20-22)42-32(41-25)31(43-33(46)27-13-17-40-45(27)3)29(36(2)14-15-36)23-8-5-6-9-24(23)38/h5-6,8-9,11-13,17,20,28-31H,4,7,10,14-16,18-19,21H2,1-3H3,(H,39,47)(H,41,42)(H,43,46)(H,44,48)/t28?,29-,30+,31-,37?/m0/s1. The Morgan fingerprint density at radius 3 is 2.58 bits per heavy atom. The van der Waals surface area contributed by atoms with E-state index in [1.807, 2.05) is 49.4 Å². The van der Waals surface area contributed by atoms with Gasteiger partial charge in [0.05, 0.1) is 35.2 Å². The van der Waals surface area contributed by atoms with Gasteiger partial charge in [-0.2, -0.15) is 5.10 Å². The van der Waals surface area contributed by atoms with Gasteiger partial charge >= 0.3 is 0 Å². The number of halogens is 1. The first kappa shape index (κ1) is 34.2. The monoisotopic (exact) mass is 701 g/mol. The van der Waals surface area contributed by atoms with Crippen LogP contribution >= 0.6 is 11.6 Å². The maximum absolute atomic E-state index is 14.2. The Balaban J connectivity index is 1.26. The van der Waals surface area contributed by atoms with Crippen LogP contribution in [0.1, 0.15) is 85.4 Å². The molecule has 2 saturated heterocycles. The molecule has 2 aliphatic heterocycles. The lowest BCUT2D eigenvalue weighted by atomic mass is 9.78. The molecule has 2 aromatic carbocycles. The van der Waals surface area contributed by atoms with E-state index in [0.29, 0.717) is 54.7 Å². The molecule has 1 saturated carbocycles. The van der Waals surface area contributed by atoms with Gasteiger partial charge in [0.25, 0.3) is 5.91 Å². The van der Waals surface area contributed by atoms with Crippen molar-refractivity contribution in [2.45, 2.75) is 75.5 Å². The van der Waals surface area contributed by atoms with E-state index in [9.17, 15) is 14.4 Å². The van der Waals surface area contributed by atoms with Crippen molar-refractivity contribution in [2.24, 2.45) is 12.5 Å². The molecule has 4 heterocycles. The number of aromatic amines is 1. The number of hydrogen-bond acceptors (Lipinski definition) is 7. The van der Waals surface area contributed by atoms with Gasteiger partial charge in [-0.3, -0.25) is 19.1 Å². The zero-order chi connectivity index (χ0) is 35.0. The Hall–Kier alpha value is -4.26. The molecule has 5 atom stereocenters. The summed E-state index contributed by atoms with van der Waals surface area (Å²) in [5, 5.41) is 14.0. The average molecular weight is 702 g/mol. The number of fused-ring (bicyclic) bond motifs is 1. The number of carbonyl (C=O) groups excluding carboxylic acids is 3. The summed E-state index contributed by atoms with van der Waals surface area (Å²) in [4.78, 5) is 49.7. The van der Waals surface area contributed by atoms with E-state index in [1.165, 1.54) is 0 Å². The molecule has 50 heavy (non-hydrogen) atoms. The predicted octanol–water partition coefficient (Wildman–Crippen LogP) is 4.46. The Morgan fingerprint density at radius 2 is 1.92 bits per heavy atom. The Morgan fingerprint density at radius 1 is 1.10 bits per heavy atom. The van der Waals surface area contributed by atoms with Crippen LogP contribution in [0.4, 0.5) is 0 Å². The number of rotatable bonds is 12. The maximum Gasteiger partial charge on any atom is 0.270 e. The first-order valence-electron chi connectivity index (χ1n) is 17.4. The molecule has 13 heteroatoms. The number of imidazole rings is 1. The lowest BCUT2D eigenvalue weighted by molar-refractivity contribution is -0.135. The third-order valence-electron chi connectivity index (χ3n) is 10.8. The maximum atomic E-state index is 14.2. The van der Waals surface area contributed by atoms with Gasteiger partial charge in [-0.05, 0) is 79.8 Å². The summed E-state index contributed by atoms with van der Waals surface area (Å²) in [6.07, 6.45) is 5.14. The molecule has 0 bridgehead atoms. The number of ether oxygens (including phenoxy) is 2. The van der Waals surface area contributed by atoms with Crippen LogP contribution in [0, 0.1) is 5.41 Å². The van der Waals surface area contributed by atoms with E-state index in [1.54, 1.807) is 24.0 Å². The van der Waals surface area contributed by atoms with E-state index in [4.69, 9.17) is 26.1 Å². The molecule has 4 N–H and O–H groups in total. The molecule has 2 aromatic heterocycles. The Kier molecular flexibility index (Phi) is 9.44. The number of amides is 3. The molecule has 12 nitrogen and oxygen atoms in total. The van der Waals surface area contributed by atoms with Crippen LogP contribution in [0.15, 0.2) is 54.7 Å². The van der Waals surface area contributed by atoms with Gasteiger partial charge in [0.2, 0.25) is 11.8 Å². The SMILES string of the molecule is CCNC(=O)[C@H](NC(=O)C1(c2ccc3[nH]c([C@@H](NC(=O)c4ccnn4C)[C@H](c4ccccc4Cl)C4(C)CC4)nc3c2)CCOC1)C1CCCO1. The fourth-order valence-electron chi connectivity index (χ4n) is 7.64. The van der Waals surface area contributed by atoms with Crippen LogP contribution in [-0.2, 0) is 31.5 Å². The number of aromatic nitrogens is 4. The molecule has 3 amide bonds. The summed E-state index contributed by atoms with van der Waals surface area (Å²) in [7, 11) is 1.73. The highest BCUT2D eigenvalue weighted by atomic mass is 35.5. The van der Waals surface area contributed by atoms with E-state index < -0.39 is 17.5 Å². The summed E-state index contributed by atoms with van der Waals surface area (Å²) < 4.78 is 13.2. The van der Waals surface area contributed by atoms with Gasteiger partial charge in [0, 0.05) is 43.9 Å². The van der Waals surface area contributed by atoms with Gasteiger partial charge in [-0.1, -0.05) is 42.8 Å². The summed E-state index contributed by atoms with van der Waals surface area (Å²) in [6, 6.07) is 13.8. The molecule has 4 aromatic rings. The van der Waals surface area contributed by atoms with Gasteiger partial charge in [-0.25, -0.2) is 4.98 Å². The van der Waals surface area contributed by atoms with Crippen molar-refractivity contribution in [2.75, 3.05) is 26.4 Å². The van der Waals surface area contributed by atoms with Gasteiger partial charge < -0.3 is 30.4 Å². The van der Waals surface area contributed by atoms with Crippen molar-refractivity contribution in [3.8, 4) is 0 Å². The number of H-pyrrole nitrogens is 1. The largest absolute Gasteiger partial charge is 0.380 e. The second kappa shape index (κ2) is 13.8. The first-order chi connectivity index (χ1) is 24.1. The lowest BCUT2D eigenvalue weighted by Gasteiger charge is -2.32. The molecule has 1 aliphatic carbocycles. The molecule has 0 radical (unpaired) electrons. The topological polar surface area (TPSA) is 152 Å². The van der Waals surface area contributed by atoms with Crippen LogP contribution in [-0.4, -0.2) is 76.0 Å². The summed E-state index contributed by atoms with van der Waals surface area (Å²) in [6.45, 7) is 5.66. The minimum atomic E-state index is -1.02. The van der Waals surface area contributed by atoms with Crippen molar-refractivity contribution in [1.82, 2.24) is 35.7 Å². The van der Waals surface area contributed by atoms with Crippen molar-refractivity contribution in [3.63, 3.8) is 0 Å². The van der Waals surface area contributed by atoms with Crippen LogP contribution in [0.2, 0.25) is 5.02 Å². The summed E-state index contributed by atoms with van der Waals surface area (Å²) in [5.41, 5.74) is 2.38. The minimum Gasteiger partial charge on any atom is -0.380 e. The fourth-order valence-corrected chi connectivity index (χ4v) is 7.90. The lowest BCUT2D eigenvalue weighted by Crippen LogP contribution is -2.57. The van der Waals surface area contributed by atoms with Crippen LogP contribution < -0.4 is 16.0 Å². The highest BCUT2D eigenvalue weighted by Gasteiger charge is 2.51. The highest BCUT2D eigenvalue weighted by Crippen LogP contribution is 2.60. The van der Waals surface area contributed by atoms with Crippen LogP contribution in [0.25, 0.3) is 11.0 Å². The summed E-state index contributed by atoms with van der Waals surface area (Å²) in [5.74, 6) is -0.409. The normalized spacial score (nSPS) is 22.9. The molecule has 3 aliphatic rings. The van der Waals surface area contributed by atoms with Crippen LogP contribution in [0.3, 0.4) is 0 Å². The van der Waals surface area contributed by atoms with Gasteiger partial charge in [0.1, 0.15) is 17.6 Å². The fraction of sp³-hybridized carbons (Fsp3) is 0.486. The van der Waals surface area contributed by atoms with Crippen molar-refractivity contribution >= 4 is 40.4 Å². The van der Waals surface area contributed by atoms with E-state index in [0.717, 1.165) is 35.9 Å². The first-order valence-corrected chi connectivity index (χ1v) is 17.8. The smallest absolute Gasteiger partial charge is 0.270 e. The number of aryl methyl sites for hydroxylation is 1. The van der Waals surface area contributed by atoms with Crippen molar-refractivity contribution < 1.29 is 23.9 Å². The number of nitrogens with one attached hydrogen (secondary N) is 4. The number of hydrogen-bond donors (Lipinski definition) is 4. The number of benzene rings is 2. The van der Waals surface area contributed by atoms with Crippen molar-refractivity contribution in [3.05, 3.63) is 82.4 Å². The molecular weight excluding hydrogens is 658 g/mol. The zero-order valence-corrected chi connectivity index (χ0v) is 29.4. The number of carbonyl (C=O) groups is 3. The van der Waals surface area contributed by atoms with E-state index in [-0.39, 0.29) is 41.8 Å². The van der Waals surface area contributed by atoms with Gasteiger partial charge in [-0.15, -0.1) is 0 Å². The minimum absolute atomic E-state index is 0.119. The molecule has 2 unspecified atom stereocenters. The van der Waals surface area contributed by atoms with Crippen molar-refractivity contribution in [1.29, 1.82) is 0 Å². The molecule has 3 fully saturated rings. The summed E-state index contributed by atoms with van der Waals surface area (Å²) >= 11 is 6.84. The van der Waals surface area contributed by atoms with Gasteiger partial charge in [0.15, 0.2) is 0 Å². The third-order valence-corrected chi connectivity index (χ3v) is 11.1. The number of likely N-dealkylation sites (N-methyl/N-ethyl adjacent to an activating group) is 1. The van der Waals surface area contributed by atoms with E-state index in [2.05, 4.69) is 33.0 Å². The van der Waals surface area contributed by atoms with Crippen LogP contribution in [0.5, 0.6) is 0 Å². The Labute approximate surface area is 296 Å².